The summed E-state index contributed by atoms with van der Waals surface area (Å²) in [6.45, 7) is 1.38. The van der Waals surface area contributed by atoms with Crippen molar-refractivity contribution in [1.29, 1.82) is 0 Å². The smallest absolute Gasteiger partial charge is 0.330 e. The molecule has 41 heavy (non-hydrogen) atoms. The van der Waals surface area contributed by atoms with Gasteiger partial charge in [0.1, 0.15) is 35.4 Å². The van der Waals surface area contributed by atoms with Gasteiger partial charge in [0, 0.05) is 11.8 Å². The van der Waals surface area contributed by atoms with E-state index in [2.05, 4.69) is 4.98 Å². The number of nitrogens with one attached hydrogen (secondary N) is 1. The molecule has 1 aromatic heterocycles. The van der Waals surface area contributed by atoms with E-state index in [1.807, 2.05) is 78.9 Å². The molecule has 10 heteroatoms. The van der Waals surface area contributed by atoms with Gasteiger partial charge in [-0.3, -0.25) is 14.3 Å². The second kappa shape index (κ2) is 11.7. The third-order valence-corrected chi connectivity index (χ3v) is 7.39. The Balaban J connectivity index is 1.56. The van der Waals surface area contributed by atoms with Crippen LogP contribution in [0.1, 0.15) is 28.5 Å². The number of hydrogen-bond donors (Lipinski definition) is 3. The zero-order valence-corrected chi connectivity index (χ0v) is 22.9. The van der Waals surface area contributed by atoms with Gasteiger partial charge in [0.15, 0.2) is 6.23 Å². The normalized spacial score (nSPS) is 20.6. The van der Waals surface area contributed by atoms with E-state index in [0.29, 0.717) is 11.5 Å². The summed E-state index contributed by atoms with van der Waals surface area (Å²) in [5, 5.41) is 21.8. The van der Waals surface area contributed by atoms with Crippen molar-refractivity contribution in [3.63, 3.8) is 0 Å². The molecule has 0 spiro atoms. The zero-order valence-electron chi connectivity index (χ0n) is 22.9. The van der Waals surface area contributed by atoms with Gasteiger partial charge in [-0.05, 0) is 47.9 Å². The molecule has 1 saturated heterocycles. The van der Waals surface area contributed by atoms with Crippen molar-refractivity contribution in [2.75, 3.05) is 20.8 Å². The molecule has 1 aliphatic rings. The molecule has 0 radical (unpaired) electrons. The van der Waals surface area contributed by atoms with Gasteiger partial charge in [-0.2, -0.15) is 0 Å². The average Bonchev–Trinajstić information content (AvgIpc) is 3.29. The maximum absolute atomic E-state index is 12.5. The fourth-order valence-electron chi connectivity index (χ4n) is 5.15. The van der Waals surface area contributed by atoms with Crippen LogP contribution in [-0.2, 0) is 15.1 Å². The number of aryl methyl sites for hydroxylation is 1. The van der Waals surface area contributed by atoms with Crippen LogP contribution >= 0.6 is 0 Å². The molecule has 4 unspecified atom stereocenters. The molecule has 2 heterocycles. The molecule has 3 N–H and O–H groups in total. The van der Waals surface area contributed by atoms with Crippen LogP contribution < -0.4 is 20.7 Å². The molecule has 0 saturated carbocycles. The van der Waals surface area contributed by atoms with Crippen LogP contribution in [0.15, 0.2) is 94.6 Å². The van der Waals surface area contributed by atoms with Crippen LogP contribution in [0.25, 0.3) is 0 Å². The van der Waals surface area contributed by atoms with Crippen molar-refractivity contribution >= 4 is 0 Å². The lowest BCUT2D eigenvalue weighted by Gasteiger charge is -2.37. The van der Waals surface area contributed by atoms with Gasteiger partial charge >= 0.3 is 5.69 Å². The zero-order chi connectivity index (χ0) is 29.1. The highest BCUT2D eigenvalue weighted by molar-refractivity contribution is 5.49. The summed E-state index contributed by atoms with van der Waals surface area (Å²) in [6, 6.07) is 24.6. The third-order valence-electron chi connectivity index (χ3n) is 7.39. The summed E-state index contributed by atoms with van der Waals surface area (Å²) in [5.74, 6) is 1.35. The number of H-pyrrole nitrogens is 1. The van der Waals surface area contributed by atoms with Crippen LogP contribution in [0.3, 0.4) is 0 Å². The Morgan fingerprint density at radius 1 is 0.829 bits per heavy atom. The van der Waals surface area contributed by atoms with Crippen molar-refractivity contribution in [3.05, 3.63) is 128 Å². The average molecular weight is 561 g/mol. The summed E-state index contributed by atoms with van der Waals surface area (Å²) >= 11 is 0. The number of aromatic amines is 1. The Labute approximate surface area is 236 Å². The summed E-state index contributed by atoms with van der Waals surface area (Å²) < 4.78 is 24.6. The topological polar surface area (TPSA) is 132 Å². The van der Waals surface area contributed by atoms with Crippen molar-refractivity contribution < 1.29 is 29.2 Å². The quantitative estimate of drug-likeness (QED) is 0.266. The minimum absolute atomic E-state index is 0.154. The molecule has 4 atom stereocenters. The maximum atomic E-state index is 12.5. The fourth-order valence-corrected chi connectivity index (χ4v) is 5.15. The summed E-state index contributed by atoms with van der Waals surface area (Å²) in [4.78, 5) is 26.6. The fraction of sp³-hybridized carbons (Fsp3) is 0.290. The second-order valence-corrected chi connectivity index (χ2v) is 9.84. The van der Waals surface area contributed by atoms with Crippen LogP contribution in [0.2, 0.25) is 0 Å². The van der Waals surface area contributed by atoms with Crippen molar-refractivity contribution in [2.24, 2.45) is 0 Å². The molecule has 0 amide bonds. The minimum Gasteiger partial charge on any atom is -0.497 e. The van der Waals surface area contributed by atoms with Crippen molar-refractivity contribution in [2.45, 2.75) is 37.1 Å². The largest absolute Gasteiger partial charge is 0.497 e. The Kier molecular flexibility index (Phi) is 8.09. The van der Waals surface area contributed by atoms with E-state index in [1.54, 1.807) is 14.2 Å². The maximum Gasteiger partial charge on any atom is 0.330 e. The van der Waals surface area contributed by atoms with Gasteiger partial charge in [-0.15, -0.1) is 0 Å². The van der Waals surface area contributed by atoms with Crippen LogP contribution in [-0.4, -0.2) is 58.9 Å². The Morgan fingerprint density at radius 3 is 1.90 bits per heavy atom. The summed E-state index contributed by atoms with van der Waals surface area (Å²) in [7, 11) is 3.18. The number of aliphatic hydroxyl groups excluding tert-OH is 2. The number of rotatable bonds is 9. The molecule has 0 aliphatic carbocycles. The summed E-state index contributed by atoms with van der Waals surface area (Å²) in [5.41, 5.74) is 0.180. The number of ether oxygens (including phenoxy) is 4. The molecule has 1 aliphatic heterocycles. The van der Waals surface area contributed by atoms with Gasteiger partial charge in [0.2, 0.25) is 0 Å². The number of benzene rings is 3. The molecular weight excluding hydrogens is 528 g/mol. The highest BCUT2D eigenvalue weighted by Gasteiger charge is 2.46. The highest BCUT2D eigenvalue weighted by Crippen LogP contribution is 2.42. The van der Waals surface area contributed by atoms with E-state index in [4.69, 9.17) is 18.9 Å². The van der Waals surface area contributed by atoms with Crippen LogP contribution in [0.4, 0.5) is 0 Å². The second-order valence-electron chi connectivity index (χ2n) is 9.84. The molecule has 5 rings (SSSR count). The number of hydrogen-bond acceptors (Lipinski definition) is 8. The molecule has 0 bridgehead atoms. The minimum atomic E-state index is -1.44. The SMILES string of the molecule is COc1ccc(C(OCC2OC(n3cc(C)c(=O)[nH]c3=O)C(O)C2O)(c2ccccc2)c2ccc(OC)cc2)cc1. The third kappa shape index (κ3) is 5.30. The number of aromatic nitrogens is 2. The van der Waals surface area contributed by atoms with E-state index < -0.39 is 41.4 Å². The first kappa shape index (κ1) is 28.3. The van der Waals surface area contributed by atoms with E-state index in [9.17, 15) is 19.8 Å². The van der Waals surface area contributed by atoms with Gasteiger partial charge in [-0.1, -0.05) is 54.6 Å². The van der Waals surface area contributed by atoms with Gasteiger partial charge in [-0.25, -0.2) is 4.79 Å². The first-order chi connectivity index (χ1) is 19.8. The lowest BCUT2D eigenvalue weighted by atomic mass is 9.80. The predicted octanol–water partition coefficient (Wildman–Crippen LogP) is 2.49. The van der Waals surface area contributed by atoms with Crippen molar-refractivity contribution in [3.8, 4) is 11.5 Å². The standard InChI is InChI=1S/C31H32N2O8/c1-19-17-33(30(37)32-28(19)36)29-27(35)26(34)25(41-29)18-40-31(20-7-5-4-6-8-20,21-9-13-23(38-2)14-10-21)22-11-15-24(39-3)16-12-22/h4-17,25-27,29,34-35H,18H2,1-3H3,(H,32,36,37). The monoisotopic (exact) mass is 560 g/mol. The van der Waals surface area contributed by atoms with E-state index in [1.165, 1.54) is 13.1 Å². The van der Waals surface area contributed by atoms with Gasteiger partial charge in [0.25, 0.3) is 5.56 Å². The van der Waals surface area contributed by atoms with E-state index in [-0.39, 0.29) is 12.2 Å². The Bertz CT molecular complexity index is 1530. The molecule has 4 aromatic rings. The molecule has 1 fully saturated rings. The lowest BCUT2D eigenvalue weighted by molar-refractivity contribution is -0.0959. The number of aliphatic hydroxyl groups is 2. The number of nitrogens with zero attached hydrogens (tertiary/aromatic N) is 1. The van der Waals surface area contributed by atoms with Crippen molar-refractivity contribution in [1.82, 2.24) is 9.55 Å². The Hall–Kier alpha value is -4.22. The van der Waals surface area contributed by atoms with Gasteiger partial charge < -0.3 is 29.2 Å². The first-order valence-electron chi connectivity index (χ1n) is 13.1. The van der Waals surface area contributed by atoms with E-state index in [0.717, 1.165) is 21.3 Å². The number of methoxy groups -OCH3 is 2. The first-order valence-corrected chi connectivity index (χ1v) is 13.1. The molecule has 214 valence electrons. The molecule has 10 nitrogen and oxygen atoms in total. The summed E-state index contributed by atoms with van der Waals surface area (Å²) in [6.07, 6.45) is -3.75. The predicted molar refractivity (Wildman–Crippen MR) is 150 cm³/mol. The lowest BCUT2D eigenvalue weighted by Crippen LogP contribution is -2.40. The molecule has 3 aromatic carbocycles. The van der Waals surface area contributed by atoms with Gasteiger partial charge in [0.05, 0.1) is 20.8 Å². The highest BCUT2D eigenvalue weighted by atomic mass is 16.6. The van der Waals surface area contributed by atoms with Crippen LogP contribution in [0.5, 0.6) is 11.5 Å². The van der Waals surface area contributed by atoms with Crippen LogP contribution in [0, 0.1) is 6.92 Å². The Morgan fingerprint density at radius 2 is 1.37 bits per heavy atom. The van der Waals surface area contributed by atoms with E-state index >= 15 is 0 Å². The molecular formula is C31H32N2O8.